The van der Waals surface area contributed by atoms with Gasteiger partial charge in [0.15, 0.2) is 6.04 Å². The second-order valence-electron chi connectivity index (χ2n) is 4.12. The Hall–Kier alpha value is -1.54. The smallest absolute Gasteiger partial charge is 0.331 e. The van der Waals surface area contributed by atoms with E-state index in [1.165, 1.54) is 10.9 Å². The van der Waals surface area contributed by atoms with E-state index in [-0.39, 0.29) is 0 Å². The summed E-state index contributed by atoms with van der Waals surface area (Å²) >= 11 is 1.58. The molecule has 7 nitrogen and oxygen atoms in total. The Bertz CT molecular complexity index is 449. The van der Waals surface area contributed by atoms with Crippen LogP contribution in [0.15, 0.2) is 12.4 Å². The zero-order chi connectivity index (χ0) is 14.4. The van der Waals surface area contributed by atoms with E-state index in [4.69, 9.17) is 10.8 Å². The van der Waals surface area contributed by atoms with Gasteiger partial charge in [-0.05, 0) is 18.4 Å². The number of carboxylic acids is 1. The Morgan fingerprint density at radius 2 is 2.32 bits per heavy atom. The molecule has 0 aromatic carbocycles. The van der Waals surface area contributed by atoms with Crippen molar-refractivity contribution >= 4 is 23.6 Å². The van der Waals surface area contributed by atoms with Crippen LogP contribution in [0.3, 0.4) is 0 Å². The summed E-state index contributed by atoms with van der Waals surface area (Å²) < 4.78 is 1.48. The number of hydrogen-bond donors (Lipinski definition) is 3. The minimum atomic E-state index is -1.14. The van der Waals surface area contributed by atoms with Gasteiger partial charge in [-0.15, -0.1) is 0 Å². The van der Waals surface area contributed by atoms with E-state index in [9.17, 15) is 9.59 Å². The number of aromatic nitrogens is 2. The van der Waals surface area contributed by atoms with Gasteiger partial charge in [-0.3, -0.25) is 9.48 Å². The number of nitrogens with one attached hydrogen (secondary N) is 1. The minimum absolute atomic E-state index is 0.417. The van der Waals surface area contributed by atoms with Gasteiger partial charge >= 0.3 is 5.97 Å². The molecule has 0 aliphatic rings. The topological polar surface area (TPSA) is 110 Å². The van der Waals surface area contributed by atoms with Crippen LogP contribution in [0, 0.1) is 0 Å². The van der Waals surface area contributed by atoms with E-state index in [1.807, 2.05) is 6.26 Å². The van der Waals surface area contributed by atoms with Gasteiger partial charge in [0.05, 0.1) is 12.2 Å². The maximum atomic E-state index is 11.8. The third-order valence-corrected chi connectivity index (χ3v) is 3.21. The number of nitrogens with two attached hydrogens (primary N) is 1. The summed E-state index contributed by atoms with van der Waals surface area (Å²) in [6.07, 6.45) is 5.38. The van der Waals surface area contributed by atoms with Gasteiger partial charge in [0, 0.05) is 18.8 Å². The average Bonchev–Trinajstić information content (AvgIpc) is 2.78. The lowest BCUT2D eigenvalue weighted by molar-refractivity contribution is -0.142. The fourth-order valence-electron chi connectivity index (χ4n) is 1.50. The van der Waals surface area contributed by atoms with Crippen LogP contribution in [0.5, 0.6) is 0 Å². The molecule has 1 heterocycles. The van der Waals surface area contributed by atoms with Gasteiger partial charge in [0.25, 0.3) is 0 Å². The second-order valence-corrected chi connectivity index (χ2v) is 5.10. The van der Waals surface area contributed by atoms with Crippen molar-refractivity contribution in [3.8, 4) is 0 Å². The summed E-state index contributed by atoms with van der Waals surface area (Å²) in [6.45, 7) is 0. The van der Waals surface area contributed by atoms with E-state index in [2.05, 4.69) is 10.4 Å². The van der Waals surface area contributed by atoms with Crippen LogP contribution >= 0.6 is 11.8 Å². The molecule has 1 amide bonds. The van der Waals surface area contributed by atoms with Crippen LogP contribution in [0.25, 0.3) is 0 Å². The van der Waals surface area contributed by atoms with Crippen molar-refractivity contribution in [1.29, 1.82) is 0 Å². The molecular formula is C11H18N4O3S. The second kappa shape index (κ2) is 7.15. The van der Waals surface area contributed by atoms with E-state index < -0.39 is 24.0 Å². The number of nitrogens with zero attached hydrogens (tertiary/aromatic N) is 2. The van der Waals surface area contributed by atoms with Crippen molar-refractivity contribution in [1.82, 2.24) is 15.1 Å². The zero-order valence-electron chi connectivity index (χ0n) is 10.9. The van der Waals surface area contributed by atoms with Gasteiger partial charge in [0.2, 0.25) is 5.91 Å². The maximum absolute atomic E-state index is 11.8. The first kappa shape index (κ1) is 15.5. The number of amides is 1. The third kappa shape index (κ3) is 4.56. The molecule has 0 aliphatic heterocycles. The van der Waals surface area contributed by atoms with Crippen LogP contribution < -0.4 is 11.1 Å². The van der Waals surface area contributed by atoms with Gasteiger partial charge in [-0.25, -0.2) is 4.79 Å². The van der Waals surface area contributed by atoms with E-state index in [0.717, 1.165) is 5.75 Å². The number of aliphatic carboxylic acids is 1. The summed E-state index contributed by atoms with van der Waals surface area (Å²) in [5.41, 5.74) is 6.11. The number of thioether (sulfide) groups is 1. The molecule has 19 heavy (non-hydrogen) atoms. The summed E-state index contributed by atoms with van der Waals surface area (Å²) in [5, 5.41) is 15.5. The highest BCUT2D eigenvalue weighted by Crippen LogP contribution is 2.12. The lowest BCUT2D eigenvalue weighted by Gasteiger charge is -2.16. The van der Waals surface area contributed by atoms with Crippen molar-refractivity contribution in [2.75, 3.05) is 12.0 Å². The average molecular weight is 286 g/mol. The molecule has 0 radical (unpaired) electrons. The molecular weight excluding hydrogens is 268 g/mol. The van der Waals surface area contributed by atoms with Crippen LogP contribution in [-0.2, 0) is 16.6 Å². The standard InChI is InChI=1S/C11H18N4O3S/c1-15-6-7(5-13-15)9(11(17)18)14-10(16)8(12)3-4-19-2/h5-6,8-9H,3-4,12H2,1-2H3,(H,14,16)(H,17,18)/t8-,9?/m0/s1. The number of rotatable bonds is 7. The van der Waals surface area contributed by atoms with E-state index in [1.54, 1.807) is 25.0 Å². The highest BCUT2D eigenvalue weighted by molar-refractivity contribution is 7.98. The molecule has 1 unspecified atom stereocenters. The van der Waals surface area contributed by atoms with Crippen LogP contribution in [0.2, 0.25) is 0 Å². The van der Waals surface area contributed by atoms with Gasteiger partial charge < -0.3 is 16.2 Å². The highest BCUT2D eigenvalue weighted by atomic mass is 32.2. The summed E-state index contributed by atoms with van der Waals surface area (Å²) in [5.74, 6) is -0.858. The van der Waals surface area contributed by atoms with E-state index in [0.29, 0.717) is 12.0 Å². The minimum Gasteiger partial charge on any atom is -0.479 e. The first-order valence-corrected chi connectivity index (χ1v) is 7.11. The fraction of sp³-hybridized carbons (Fsp3) is 0.545. The molecule has 0 saturated heterocycles. The Kier molecular flexibility index (Phi) is 5.84. The predicted octanol–water partition coefficient (Wildman–Crippen LogP) is -0.258. The van der Waals surface area contributed by atoms with Crippen LogP contribution in [0.4, 0.5) is 0 Å². The first-order chi connectivity index (χ1) is 8.95. The number of carboxylic acid groups (broad SMARTS) is 1. The Labute approximate surface area is 115 Å². The zero-order valence-corrected chi connectivity index (χ0v) is 11.7. The van der Waals surface area contributed by atoms with Crippen molar-refractivity contribution in [2.45, 2.75) is 18.5 Å². The molecule has 0 spiro atoms. The van der Waals surface area contributed by atoms with Crippen molar-refractivity contribution in [2.24, 2.45) is 12.8 Å². The molecule has 2 atom stereocenters. The lowest BCUT2D eigenvalue weighted by Crippen LogP contribution is -2.44. The Morgan fingerprint density at radius 3 is 2.79 bits per heavy atom. The van der Waals surface area contributed by atoms with Crippen molar-refractivity contribution < 1.29 is 14.7 Å². The Balaban J connectivity index is 2.69. The van der Waals surface area contributed by atoms with Crippen LogP contribution in [-0.4, -0.2) is 44.8 Å². The summed E-state index contributed by atoms with van der Waals surface area (Å²) in [6, 6.07) is -1.83. The summed E-state index contributed by atoms with van der Waals surface area (Å²) in [7, 11) is 1.68. The third-order valence-electron chi connectivity index (χ3n) is 2.56. The number of hydrogen-bond acceptors (Lipinski definition) is 5. The number of carbonyl (C=O) groups excluding carboxylic acids is 1. The van der Waals surface area contributed by atoms with Gasteiger partial charge in [0.1, 0.15) is 0 Å². The first-order valence-electron chi connectivity index (χ1n) is 5.72. The van der Waals surface area contributed by atoms with Gasteiger partial charge in [-0.1, -0.05) is 0 Å². The molecule has 0 fully saturated rings. The largest absolute Gasteiger partial charge is 0.479 e. The van der Waals surface area contributed by atoms with Crippen molar-refractivity contribution in [3.63, 3.8) is 0 Å². The molecule has 0 bridgehead atoms. The quantitative estimate of drug-likeness (QED) is 0.637. The van der Waals surface area contributed by atoms with E-state index >= 15 is 0 Å². The monoisotopic (exact) mass is 286 g/mol. The molecule has 8 heteroatoms. The lowest BCUT2D eigenvalue weighted by atomic mass is 10.1. The number of carbonyl (C=O) groups is 2. The van der Waals surface area contributed by atoms with Crippen molar-refractivity contribution in [3.05, 3.63) is 18.0 Å². The molecule has 0 saturated carbocycles. The summed E-state index contributed by atoms with van der Waals surface area (Å²) in [4.78, 5) is 23.0. The molecule has 1 aromatic rings. The number of aryl methyl sites for hydroxylation is 1. The SMILES string of the molecule is CSCC[C@H](N)C(=O)NC(C(=O)O)c1cnn(C)c1. The maximum Gasteiger partial charge on any atom is 0.331 e. The Morgan fingerprint density at radius 1 is 1.63 bits per heavy atom. The fourth-order valence-corrected chi connectivity index (χ4v) is 1.99. The predicted molar refractivity (Wildman–Crippen MR) is 72.7 cm³/mol. The van der Waals surface area contributed by atoms with Crippen LogP contribution in [0.1, 0.15) is 18.0 Å². The molecule has 0 aliphatic carbocycles. The molecule has 106 valence electrons. The molecule has 1 rings (SSSR count). The normalized spacial score (nSPS) is 13.8. The molecule has 4 N–H and O–H groups in total. The highest BCUT2D eigenvalue weighted by Gasteiger charge is 2.25. The molecule has 1 aromatic heterocycles. The van der Waals surface area contributed by atoms with Gasteiger partial charge in [-0.2, -0.15) is 16.9 Å².